The quantitative estimate of drug-likeness (QED) is 0.123. The molecule has 0 spiro atoms. The van der Waals surface area contributed by atoms with Gasteiger partial charge in [-0.2, -0.15) is 13.2 Å². The lowest BCUT2D eigenvalue weighted by Gasteiger charge is -2.32. The maximum absolute atomic E-state index is 14.4. The Morgan fingerprint density at radius 3 is 2.36 bits per heavy atom. The van der Waals surface area contributed by atoms with E-state index in [4.69, 9.17) is 23.1 Å². The Kier molecular flexibility index (Phi) is 13.9. The van der Waals surface area contributed by atoms with E-state index in [2.05, 4.69) is 20.9 Å². The zero-order valence-corrected chi connectivity index (χ0v) is 31.0. The van der Waals surface area contributed by atoms with E-state index in [0.717, 1.165) is 34.2 Å². The molecule has 1 aromatic heterocycles. The fraction of sp³-hybridized carbons (Fsp3) is 0.395. The number of para-hydroxylation sites is 1. The summed E-state index contributed by atoms with van der Waals surface area (Å²) in [6, 6.07) is 13.9. The Morgan fingerprint density at radius 2 is 1.60 bits per heavy atom. The number of amides is 3. The number of nitrogens with two attached hydrogens (primary N) is 2. The van der Waals surface area contributed by atoms with E-state index in [1.54, 1.807) is 12.3 Å². The van der Waals surface area contributed by atoms with E-state index in [1.165, 1.54) is 23.7 Å². The zero-order valence-electron chi connectivity index (χ0n) is 29.4. The molecule has 0 bridgehead atoms. The first-order valence-electron chi connectivity index (χ1n) is 17.6. The molecule has 0 saturated carbocycles. The molecule has 8 N–H and O–H groups in total. The second kappa shape index (κ2) is 18.3. The molecule has 0 aliphatic carbocycles. The molecule has 1 aliphatic heterocycles. The normalized spacial score (nSPS) is 19.3. The fourth-order valence-electron chi connectivity index (χ4n) is 6.44. The number of nitrogens with zero attached hydrogens (tertiary/aromatic N) is 1. The number of rotatable bonds is 9. The number of hydrogen-bond donors (Lipinski definition) is 6. The van der Waals surface area contributed by atoms with E-state index >= 15 is 0 Å². The molecule has 1 aliphatic rings. The first-order chi connectivity index (χ1) is 25.4. The van der Waals surface area contributed by atoms with Crippen LogP contribution in [0.3, 0.4) is 0 Å². The van der Waals surface area contributed by atoms with E-state index in [-0.39, 0.29) is 36.5 Å². The van der Waals surface area contributed by atoms with Crippen molar-refractivity contribution in [2.45, 2.75) is 85.7 Å². The third-order valence-corrected chi connectivity index (χ3v) is 11.1. The average molecular weight is 772 g/mol. The Balaban J connectivity index is 1.61. The Hall–Kier alpha value is -4.08. The van der Waals surface area contributed by atoms with Gasteiger partial charge in [-0.15, -0.1) is 0 Å². The predicted octanol–water partition coefficient (Wildman–Crippen LogP) is 5.50. The number of H-pyrrole nitrogens is 1. The highest BCUT2D eigenvalue weighted by molar-refractivity contribution is 7.99. The van der Waals surface area contributed by atoms with Crippen LogP contribution in [-0.4, -0.2) is 65.9 Å². The van der Waals surface area contributed by atoms with Gasteiger partial charge < -0.3 is 37.3 Å². The van der Waals surface area contributed by atoms with Crippen LogP contribution in [0.4, 0.5) is 13.2 Å². The maximum atomic E-state index is 14.4. The number of benzene rings is 3. The molecule has 0 saturated heterocycles. The van der Waals surface area contributed by atoms with Crippen molar-refractivity contribution in [2.75, 3.05) is 20.1 Å². The number of likely N-dealkylation sites (N-methyl/N-ethyl adjacent to an activating group) is 1. The van der Waals surface area contributed by atoms with Crippen molar-refractivity contribution in [3.63, 3.8) is 0 Å². The van der Waals surface area contributed by atoms with E-state index in [9.17, 15) is 27.6 Å². The van der Waals surface area contributed by atoms with Crippen LogP contribution in [0, 0.1) is 0 Å². The highest BCUT2D eigenvalue weighted by Crippen LogP contribution is 2.41. The molecule has 53 heavy (non-hydrogen) atoms. The number of hydrogen-bond acceptors (Lipinski definition) is 7. The van der Waals surface area contributed by atoms with Gasteiger partial charge in [0.2, 0.25) is 17.7 Å². The van der Waals surface area contributed by atoms with Gasteiger partial charge in [0, 0.05) is 53.4 Å². The molecule has 0 fully saturated rings. The molecule has 2 heterocycles. The summed E-state index contributed by atoms with van der Waals surface area (Å²) in [5, 5.41) is 9.83. The summed E-state index contributed by atoms with van der Waals surface area (Å²) >= 11 is 7.76. The van der Waals surface area contributed by atoms with Crippen LogP contribution in [0.2, 0.25) is 5.02 Å². The van der Waals surface area contributed by atoms with Crippen molar-refractivity contribution < 1.29 is 27.6 Å². The molecule has 3 atom stereocenters. The molecular weight excluding hydrogens is 727 g/mol. The second-order valence-electron chi connectivity index (χ2n) is 13.1. The summed E-state index contributed by atoms with van der Waals surface area (Å²) in [6.45, 7) is 0.680. The van der Waals surface area contributed by atoms with Crippen LogP contribution in [0.5, 0.6) is 0 Å². The van der Waals surface area contributed by atoms with Gasteiger partial charge in [0.1, 0.15) is 12.1 Å². The number of nitrogens with one attached hydrogen (secondary N) is 4. The first kappa shape index (κ1) is 40.1. The number of alkyl halides is 3. The number of aromatic amines is 1. The number of halogens is 4. The number of aromatic nitrogens is 1. The van der Waals surface area contributed by atoms with Crippen molar-refractivity contribution in [1.82, 2.24) is 25.8 Å². The van der Waals surface area contributed by atoms with Crippen molar-refractivity contribution in [1.29, 1.82) is 0 Å². The van der Waals surface area contributed by atoms with Crippen molar-refractivity contribution in [3.8, 4) is 0 Å². The van der Waals surface area contributed by atoms with Crippen molar-refractivity contribution in [2.24, 2.45) is 11.5 Å². The zero-order chi connectivity index (χ0) is 38.1. The Morgan fingerprint density at radius 1 is 0.887 bits per heavy atom. The van der Waals surface area contributed by atoms with Crippen LogP contribution < -0.4 is 27.4 Å². The summed E-state index contributed by atoms with van der Waals surface area (Å²) in [4.78, 5) is 48.1. The van der Waals surface area contributed by atoms with E-state index in [0.29, 0.717) is 48.6 Å². The van der Waals surface area contributed by atoms with Crippen molar-refractivity contribution in [3.05, 3.63) is 94.1 Å². The lowest BCUT2D eigenvalue weighted by atomic mass is 10.0. The van der Waals surface area contributed by atoms with Gasteiger partial charge in [-0.1, -0.05) is 59.8 Å². The van der Waals surface area contributed by atoms with Gasteiger partial charge in [0.05, 0.1) is 16.6 Å². The predicted molar refractivity (Wildman–Crippen MR) is 201 cm³/mol. The molecule has 0 radical (unpaired) electrons. The minimum atomic E-state index is -4.69. The van der Waals surface area contributed by atoms with Gasteiger partial charge >= 0.3 is 6.18 Å². The number of carbonyl (C=O) groups excluding carboxylic acids is 3. The molecule has 15 heteroatoms. The minimum absolute atomic E-state index is 0.0839. The highest BCUT2D eigenvalue weighted by atomic mass is 35.5. The molecule has 10 nitrogen and oxygen atoms in total. The van der Waals surface area contributed by atoms with E-state index < -0.39 is 47.6 Å². The molecule has 3 aromatic carbocycles. The standard InChI is InChI=1S/C38H45ClF3N7O3S/c1-49-32(18-24-21-45-29-11-4-3-10-27(24)29)36(51)47-22-25-17-26(38(40,41)42)19-28(39)34(25)53-33-14-5-2-9-23(33)20-46-30(13-8-16-44)35(50)48-31(37(49)52)12-6-7-15-43/h2-5,9-11,14,17,19,21,30-32,45-46H,6-8,12-13,15-16,18,20,22,43-44H2,1H3,(H,47,51)(H,48,50)/t30-,31-,32-/m0/s1. The lowest BCUT2D eigenvalue weighted by molar-refractivity contribution is -0.142. The van der Waals surface area contributed by atoms with Gasteiger partial charge in [-0.3, -0.25) is 14.4 Å². The summed E-state index contributed by atoms with van der Waals surface area (Å²) in [7, 11) is 1.50. The van der Waals surface area contributed by atoms with Crippen LogP contribution >= 0.6 is 23.4 Å². The molecule has 0 unspecified atom stereocenters. The molecule has 284 valence electrons. The van der Waals surface area contributed by atoms with Crippen LogP contribution in [0.1, 0.15) is 54.4 Å². The Bertz CT molecular complexity index is 1910. The number of unbranched alkanes of at least 4 members (excludes halogenated alkanes) is 1. The maximum Gasteiger partial charge on any atom is 0.416 e. The summed E-state index contributed by atoms with van der Waals surface area (Å²) in [5.74, 6) is -1.46. The monoisotopic (exact) mass is 771 g/mol. The molecule has 4 aromatic rings. The minimum Gasteiger partial charge on any atom is -0.361 e. The van der Waals surface area contributed by atoms with Gasteiger partial charge in [0.15, 0.2) is 0 Å². The lowest BCUT2D eigenvalue weighted by Crippen LogP contribution is -2.57. The number of carbonyl (C=O) groups is 3. The molecular formula is C38H45ClF3N7O3S. The third-order valence-electron chi connectivity index (χ3n) is 9.41. The topological polar surface area (TPSA) is 158 Å². The van der Waals surface area contributed by atoms with Crippen molar-refractivity contribution >= 4 is 52.0 Å². The molecule has 5 rings (SSSR count). The summed E-state index contributed by atoms with van der Waals surface area (Å²) < 4.78 is 42.2. The SMILES string of the molecule is CN1C(=O)[C@H](CCCCN)NC(=O)[C@H](CCCN)NCc2ccccc2Sc2c(Cl)cc(C(F)(F)F)cc2CNC(=O)[C@@H]1Cc1c[nH]c2ccccc12. The van der Waals surface area contributed by atoms with Crippen LogP contribution in [0.25, 0.3) is 10.9 Å². The van der Waals surface area contributed by atoms with Crippen LogP contribution in [0.15, 0.2) is 76.7 Å². The molecule has 3 amide bonds. The van der Waals surface area contributed by atoms with Gasteiger partial charge in [-0.25, -0.2) is 0 Å². The van der Waals surface area contributed by atoms with Crippen LogP contribution in [-0.2, 0) is 40.1 Å². The average Bonchev–Trinajstić information content (AvgIpc) is 3.55. The van der Waals surface area contributed by atoms with E-state index in [1.807, 2.05) is 42.5 Å². The summed E-state index contributed by atoms with van der Waals surface area (Å²) in [5.41, 5.74) is 13.2. The second-order valence-corrected chi connectivity index (χ2v) is 14.6. The first-order valence-corrected chi connectivity index (χ1v) is 18.8. The Labute approximate surface area is 315 Å². The number of fused-ring (bicyclic) bond motifs is 3. The van der Waals surface area contributed by atoms with Gasteiger partial charge in [0.25, 0.3) is 0 Å². The summed E-state index contributed by atoms with van der Waals surface area (Å²) in [6.07, 6.45) is -0.472. The smallest absolute Gasteiger partial charge is 0.361 e. The highest BCUT2D eigenvalue weighted by Gasteiger charge is 2.35. The fourth-order valence-corrected chi connectivity index (χ4v) is 7.85. The third kappa shape index (κ3) is 10.1. The van der Waals surface area contributed by atoms with Gasteiger partial charge in [-0.05, 0) is 86.1 Å². The largest absolute Gasteiger partial charge is 0.416 e.